The highest BCUT2D eigenvalue weighted by Gasteiger charge is 2.19. The van der Waals surface area contributed by atoms with Crippen LogP contribution in [0.15, 0.2) is 6.07 Å². The number of alkyl halides is 2. The van der Waals surface area contributed by atoms with E-state index in [1.165, 1.54) is 14.0 Å². The molecule has 0 radical (unpaired) electrons. The molecule has 0 N–H and O–H groups in total. The third-order valence-corrected chi connectivity index (χ3v) is 1.97. The molecule has 0 unspecified atom stereocenters. The topological polar surface area (TPSA) is 39.2 Å². The van der Waals surface area contributed by atoms with Gasteiger partial charge in [0, 0.05) is 0 Å². The Morgan fingerprint density at radius 2 is 2.20 bits per heavy atom. The summed E-state index contributed by atoms with van der Waals surface area (Å²) in [6.07, 6.45) is -2.75. The van der Waals surface area contributed by atoms with Crippen molar-refractivity contribution >= 4 is 16.8 Å². The van der Waals surface area contributed by atoms with Crippen molar-refractivity contribution in [1.29, 1.82) is 0 Å². The third kappa shape index (κ3) is 2.41. The van der Waals surface area contributed by atoms with Gasteiger partial charge in [0.1, 0.15) is 5.69 Å². The lowest BCUT2D eigenvalue weighted by atomic mass is 10.2. The third-order valence-electron chi connectivity index (χ3n) is 1.79. The fraction of sp³-hybridized carbons (Fsp3) is 0.333. The van der Waals surface area contributed by atoms with Crippen LogP contribution in [-0.4, -0.2) is 17.3 Å². The van der Waals surface area contributed by atoms with E-state index in [9.17, 15) is 13.6 Å². The Hall–Kier alpha value is -1.23. The summed E-state index contributed by atoms with van der Waals surface area (Å²) in [6, 6.07) is 1.16. The summed E-state index contributed by atoms with van der Waals surface area (Å²) in [6.45, 7) is 1.54. The minimum atomic E-state index is -2.75. The fourth-order valence-electron chi connectivity index (χ4n) is 1.19. The average Bonchev–Trinajstić information content (AvgIpc) is 2.16. The number of halogens is 3. The number of nitrogens with zero attached hydrogens (tertiary/aromatic N) is 1. The van der Waals surface area contributed by atoms with Crippen LogP contribution >= 0.6 is 11.6 Å². The molecule has 1 heterocycles. The molecule has 15 heavy (non-hydrogen) atoms. The van der Waals surface area contributed by atoms with Crippen molar-refractivity contribution in [3.8, 4) is 5.75 Å². The summed E-state index contributed by atoms with van der Waals surface area (Å²) in [5.41, 5.74) is -0.376. The summed E-state index contributed by atoms with van der Waals surface area (Å²) in [5.74, 6) is 0.124. The Morgan fingerprint density at radius 3 is 2.60 bits per heavy atom. The number of rotatable bonds is 3. The van der Waals surface area contributed by atoms with Gasteiger partial charge in [-0.2, -0.15) is 0 Å². The number of pyridine rings is 1. The second-order valence-electron chi connectivity index (χ2n) is 2.82. The van der Waals surface area contributed by atoms with Crippen LogP contribution in [0.3, 0.4) is 0 Å². The molecule has 1 rings (SSSR count). The Bertz CT molecular complexity index is 396. The van der Waals surface area contributed by atoms with Crippen LogP contribution in [0.5, 0.6) is 5.75 Å². The highest BCUT2D eigenvalue weighted by Crippen LogP contribution is 2.27. The zero-order valence-corrected chi connectivity index (χ0v) is 8.81. The molecular weight excluding hydrogens is 228 g/mol. The monoisotopic (exact) mass is 235 g/mol. The SMILES string of the molecule is COc1c(C)cc(C(F)F)nc1C(=O)Cl. The van der Waals surface area contributed by atoms with Crippen LogP contribution in [0, 0.1) is 6.92 Å². The summed E-state index contributed by atoms with van der Waals surface area (Å²) in [7, 11) is 1.31. The van der Waals surface area contributed by atoms with Crippen LogP contribution in [0.4, 0.5) is 8.78 Å². The van der Waals surface area contributed by atoms with Gasteiger partial charge in [-0.25, -0.2) is 13.8 Å². The van der Waals surface area contributed by atoms with Gasteiger partial charge in [0.2, 0.25) is 0 Å². The van der Waals surface area contributed by atoms with Gasteiger partial charge in [0.05, 0.1) is 7.11 Å². The first-order valence-electron chi connectivity index (χ1n) is 4.01. The lowest BCUT2D eigenvalue weighted by Crippen LogP contribution is -2.05. The van der Waals surface area contributed by atoms with E-state index in [1.807, 2.05) is 0 Å². The molecule has 0 aromatic carbocycles. The van der Waals surface area contributed by atoms with Crippen molar-refractivity contribution in [3.05, 3.63) is 23.0 Å². The average molecular weight is 236 g/mol. The van der Waals surface area contributed by atoms with Crippen LogP contribution < -0.4 is 4.74 Å². The molecule has 0 saturated heterocycles. The largest absolute Gasteiger partial charge is 0.494 e. The Balaban J connectivity index is 3.38. The minimum Gasteiger partial charge on any atom is -0.494 e. The number of aryl methyl sites for hydroxylation is 1. The van der Waals surface area contributed by atoms with Crippen LogP contribution in [-0.2, 0) is 0 Å². The zero-order chi connectivity index (χ0) is 11.6. The number of hydrogen-bond donors (Lipinski definition) is 0. The van der Waals surface area contributed by atoms with E-state index in [0.29, 0.717) is 5.56 Å². The van der Waals surface area contributed by atoms with E-state index in [-0.39, 0.29) is 11.4 Å². The van der Waals surface area contributed by atoms with Crippen LogP contribution in [0.2, 0.25) is 0 Å². The molecule has 0 amide bonds. The van der Waals surface area contributed by atoms with E-state index in [0.717, 1.165) is 6.07 Å². The second-order valence-corrected chi connectivity index (χ2v) is 3.16. The number of ether oxygens (including phenoxy) is 1. The first-order chi connectivity index (χ1) is 6.97. The maximum atomic E-state index is 12.4. The normalized spacial score (nSPS) is 10.5. The van der Waals surface area contributed by atoms with Crippen molar-refractivity contribution in [3.63, 3.8) is 0 Å². The number of methoxy groups -OCH3 is 1. The smallest absolute Gasteiger partial charge is 0.280 e. The van der Waals surface area contributed by atoms with Crippen molar-refractivity contribution in [1.82, 2.24) is 4.98 Å². The Kier molecular flexibility index (Phi) is 3.57. The first-order valence-corrected chi connectivity index (χ1v) is 4.38. The highest BCUT2D eigenvalue weighted by molar-refractivity contribution is 6.67. The van der Waals surface area contributed by atoms with E-state index >= 15 is 0 Å². The Labute approximate surface area is 90.0 Å². The van der Waals surface area contributed by atoms with Crippen molar-refractivity contribution in [2.24, 2.45) is 0 Å². The summed E-state index contributed by atoms with van der Waals surface area (Å²) >= 11 is 5.21. The maximum absolute atomic E-state index is 12.4. The molecule has 0 aliphatic heterocycles. The quantitative estimate of drug-likeness (QED) is 0.756. The molecule has 1 aromatic heterocycles. The molecule has 82 valence electrons. The van der Waals surface area contributed by atoms with Gasteiger partial charge in [0.25, 0.3) is 11.7 Å². The standard InChI is InChI=1S/C9H8ClF2NO2/c1-4-3-5(9(11)12)13-6(8(10)14)7(4)15-2/h3,9H,1-2H3. The highest BCUT2D eigenvalue weighted by atomic mass is 35.5. The molecule has 3 nitrogen and oxygen atoms in total. The van der Waals surface area contributed by atoms with Crippen molar-refractivity contribution in [2.75, 3.05) is 7.11 Å². The van der Waals surface area contributed by atoms with E-state index in [2.05, 4.69) is 4.98 Å². The van der Waals surface area contributed by atoms with Crippen molar-refractivity contribution in [2.45, 2.75) is 13.3 Å². The predicted octanol–water partition coefficient (Wildman–Crippen LogP) is 2.72. The summed E-state index contributed by atoms with van der Waals surface area (Å²) in [5, 5.41) is -0.919. The number of carbonyl (C=O) groups is 1. The van der Waals surface area contributed by atoms with Gasteiger partial charge < -0.3 is 4.74 Å². The minimum absolute atomic E-state index is 0.124. The molecule has 0 spiro atoms. The second kappa shape index (κ2) is 4.53. The molecule has 0 atom stereocenters. The summed E-state index contributed by atoms with van der Waals surface area (Å²) in [4.78, 5) is 14.4. The lowest BCUT2D eigenvalue weighted by molar-refractivity contribution is 0.107. The molecule has 1 aromatic rings. The van der Waals surface area contributed by atoms with Gasteiger partial charge in [-0.1, -0.05) is 0 Å². The van der Waals surface area contributed by atoms with Gasteiger partial charge in [-0.3, -0.25) is 4.79 Å². The molecule has 0 saturated carbocycles. The lowest BCUT2D eigenvalue weighted by Gasteiger charge is -2.09. The Morgan fingerprint density at radius 1 is 1.60 bits per heavy atom. The molecular formula is C9H8ClF2NO2. The fourth-order valence-corrected chi connectivity index (χ4v) is 1.32. The van der Waals surface area contributed by atoms with E-state index in [1.54, 1.807) is 0 Å². The first kappa shape index (κ1) is 11.8. The molecule has 0 aliphatic carbocycles. The van der Waals surface area contributed by atoms with Gasteiger partial charge in [-0.05, 0) is 30.2 Å². The number of aromatic nitrogens is 1. The molecule has 0 fully saturated rings. The number of carbonyl (C=O) groups excluding carboxylic acids is 1. The molecule has 0 bridgehead atoms. The van der Waals surface area contributed by atoms with Gasteiger partial charge >= 0.3 is 0 Å². The number of hydrogen-bond acceptors (Lipinski definition) is 3. The molecule has 0 aliphatic rings. The van der Waals surface area contributed by atoms with Gasteiger partial charge in [-0.15, -0.1) is 0 Å². The van der Waals surface area contributed by atoms with Crippen LogP contribution in [0.25, 0.3) is 0 Å². The zero-order valence-electron chi connectivity index (χ0n) is 8.05. The maximum Gasteiger partial charge on any atom is 0.280 e. The van der Waals surface area contributed by atoms with E-state index < -0.39 is 17.4 Å². The van der Waals surface area contributed by atoms with Crippen molar-refractivity contribution < 1.29 is 18.3 Å². The molecule has 6 heteroatoms. The van der Waals surface area contributed by atoms with Crippen LogP contribution in [0.1, 0.15) is 28.2 Å². The summed E-state index contributed by atoms with van der Waals surface area (Å²) < 4.78 is 29.6. The van der Waals surface area contributed by atoms with Gasteiger partial charge in [0.15, 0.2) is 11.4 Å². The van der Waals surface area contributed by atoms with E-state index in [4.69, 9.17) is 16.3 Å². The predicted molar refractivity (Wildman–Crippen MR) is 50.7 cm³/mol.